The minimum Gasteiger partial charge on any atom is -0.350 e. The van der Waals surface area contributed by atoms with Gasteiger partial charge in [0, 0.05) is 40.8 Å². The molecular formula is C21H25N5OS. The second-order valence-electron chi connectivity index (χ2n) is 7.69. The fourth-order valence-corrected chi connectivity index (χ4v) is 5.56. The molecule has 146 valence electrons. The molecule has 1 fully saturated rings. The molecule has 1 atom stereocenters. The summed E-state index contributed by atoms with van der Waals surface area (Å²) in [5.74, 6) is 0.490. The summed E-state index contributed by atoms with van der Waals surface area (Å²) in [4.78, 5) is 18.6. The van der Waals surface area contributed by atoms with Gasteiger partial charge in [-0.3, -0.25) is 4.79 Å². The van der Waals surface area contributed by atoms with Crippen LogP contribution in [0.1, 0.15) is 51.7 Å². The molecular weight excluding hydrogens is 370 g/mol. The minimum atomic E-state index is 0.0454. The van der Waals surface area contributed by atoms with Crippen molar-refractivity contribution < 1.29 is 4.79 Å². The molecule has 3 aromatic rings. The lowest BCUT2D eigenvalue weighted by molar-refractivity contribution is 0.0951. The first-order valence-electron chi connectivity index (χ1n) is 10.2. The molecule has 2 aliphatic rings. The lowest BCUT2D eigenvalue weighted by Crippen LogP contribution is -2.28. The Balaban J connectivity index is 1.30. The van der Waals surface area contributed by atoms with E-state index in [0.717, 1.165) is 54.6 Å². The standard InChI is InChI=1S/C21H25N5OS/c27-21(17-13-28-18-6-2-1-4-15(17)18)24-10-11-26-20-16(5-3-8-23-20)19(25-26)14-7-9-22-12-14/h3,5,8,13-14,22H,1-2,4,6-7,9-12H2,(H,24,27)/t14-/m0/s1. The van der Waals surface area contributed by atoms with Gasteiger partial charge in [-0.1, -0.05) is 0 Å². The van der Waals surface area contributed by atoms with Gasteiger partial charge in [-0.05, 0) is 56.3 Å². The Kier molecular flexibility index (Phi) is 4.86. The average molecular weight is 396 g/mol. The summed E-state index contributed by atoms with van der Waals surface area (Å²) in [6.45, 7) is 3.20. The summed E-state index contributed by atoms with van der Waals surface area (Å²) >= 11 is 1.74. The van der Waals surface area contributed by atoms with Gasteiger partial charge in [0.2, 0.25) is 0 Å². The van der Waals surface area contributed by atoms with Gasteiger partial charge in [-0.2, -0.15) is 5.10 Å². The van der Waals surface area contributed by atoms with E-state index in [2.05, 4.69) is 21.7 Å². The van der Waals surface area contributed by atoms with Crippen LogP contribution >= 0.6 is 11.3 Å². The van der Waals surface area contributed by atoms with Crippen LogP contribution < -0.4 is 10.6 Å². The second kappa shape index (κ2) is 7.64. The zero-order chi connectivity index (χ0) is 18.9. The smallest absolute Gasteiger partial charge is 0.252 e. The number of nitrogens with zero attached hydrogens (tertiary/aromatic N) is 3. The number of fused-ring (bicyclic) bond motifs is 2. The minimum absolute atomic E-state index is 0.0454. The SMILES string of the molecule is O=C(NCCn1nc([C@H]2CCNC2)c2cccnc21)c1csc2c1CCCC2. The number of rotatable bonds is 5. The van der Waals surface area contributed by atoms with Crippen LogP contribution in [0.4, 0.5) is 0 Å². The van der Waals surface area contributed by atoms with Crippen molar-refractivity contribution in [3.63, 3.8) is 0 Å². The number of aromatic nitrogens is 3. The number of thiophene rings is 1. The first-order chi connectivity index (χ1) is 13.8. The van der Waals surface area contributed by atoms with E-state index >= 15 is 0 Å². The molecule has 4 heterocycles. The van der Waals surface area contributed by atoms with Gasteiger partial charge in [0.25, 0.3) is 5.91 Å². The van der Waals surface area contributed by atoms with Crippen molar-refractivity contribution in [1.82, 2.24) is 25.4 Å². The van der Waals surface area contributed by atoms with E-state index in [1.807, 2.05) is 22.3 Å². The predicted molar refractivity (Wildman–Crippen MR) is 111 cm³/mol. The molecule has 1 aliphatic heterocycles. The molecule has 0 radical (unpaired) electrons. The maximum Gasteiger partial charge on any atom is 0.252 e. The number of hydrogen-bond acceptors (Lipinski definition) is 5. The zero-order valence-corrected chi connectivity index (χ0v) is 16.7. The molecule has 0 spiro atoms. The quantitative estimate of drug-likeness (QED) is 0.697. The lowest BCUT2D eigenvalue weighted by Gasteiger charge is -2.12. The van der Waals surface area contributed by atoms with Gasteiger partial charge in [-0.25, -0.2) is 9.67 Å². The van der Waals surface area contributed by atoms with Gasteiger partial charge in [0.1, 0.15) is 0 Å². The highest BCUT2D eigenvalue weighted by Crippen LogP contribution is 2.30. The van der Waals surface area contributed by atoms with Crippen molar-refractivity contribution in [3.05, 3.63) is 45.4 Å². The van der Waals surface area contributed by atoms with E-state index in [-0.39, 0.29) is 5.91 Å². The summed E-state index contributed by atoms with van der Waals surface area (Å²) in [6, 6.07) is 4.08. The number of carbonyl (C=O) groups excluding carboxylic acids is 1. The van der Waals surface area contributed by atoms with Crippen molar-refractivity contribution in [3.8, 4) is 0 Å². The Labute approximate surface area is 168 Å². The molecule has 28 heavy (non-hydrogen) atoms. The number of pyridine rings is 1. The highest BCUT2D eigenvalue weighted by atomic mass is 32.1. The summed E-state index contributed by atoms with van der Waals surface area (Å²) in [6.07, 6.45) is 7.51. The normalized spacial score (nSPS) is 19.1. The van der Waals surface area contributed by atoms with Gasteiger partial charge < -0.3 is 10.6 Å². The van der Waals surface area contributed by atoms with Crippen molar-refractivity contribution in [2.24, 2.45) is 0 Å². The molecule has 6 nitrogen and oxygen atoms in total. The van der Waals surface area contributed by atoms with Crippen LogP contribution in [-0.4, -0.2) is 40.3 Å². The van der Waals surface area contributed by atoms with E-state index in [1.165, 1.54) is 23.3 Å². The van der Waals surface area contributed by atoms with Crippen molar-refractivity contribution in [1.29, 1.82) is 0 Å². The van der Waals surface area contributed by atoms with Gasteiger partial charge in [0.15, 0.2) is 5.65 Å². The Hall–Kier alpha value is -2.25. The number of amides is 1. The predicted octanol–water partition coefficient (Wildman–Crippen LogP) is 2.88. The molecule has 0 aromatic carbocycles. The molecule has 1 amide bonds. The summed E-state index contributed by atoms with van der Waals surface area (Å²) in [5.41, 5.74) is 4.19. The summed E-state index contributed by atoms with van der Waals surface area (Å²) in [7, 11) is 0. The topological polar surface area (TPSA) is 71.8 Å². The first kappa shape index (κ1) is 17.8. The zero-order valence-electron chi connectivity index (χ0n) is 15.9. The molecule has 1 aliphatic carbocycles. The Morgan fingerprint density at radius 3 is 3.18 bits per heavy atom. The Morgan fingerprint density at radius 2 is 2.29 bits per heavy atom. The summed E-state index contributed by atoms with van der Waals surface area (Å²) in [5, 5.41) is 14.5. The fourth-order valence-electron chi connectivity index (χ4n) is 4.43. The van der Waals surface area contributed by atoms with E-state index in [9.17, 15) is 4.79 Å². The molecule has 0 saturated carbocycles. The third-order valence-electron chi connectivity index (χ3n) is 5.90. The highest BCUT2D eigenvalue weighted by molar-refractivity contribution is 7.10. The molecule has 7 heteroatoms. The van der Waals surface area contributed by atoms with Crippen LogP contribution in [0.2, 0.25) is 0 Å². The number of aryl methyl sites for hydroxylation is 1. The molecule has 0 unspecified atom stereocenters. The van der Waals surface area contributed by atoms with Crippen LogP contribution in [0.15, 0.2) is 23.7 Å². The fraction of sp³-hybridized carbons (Fsp3) is 0.476. The molecule has 1 saturated heterocycles. The van der Waals surface area contributed by atoms with Crippen LogP contribution in [0, 0.1) is 0 Å². The number of carbonyl (C=O) groups is 1. The monoisotopic (exact) mass is 395 g/mol. The maximum atomic E-state index is 12.7. The van der Waals surface area contributed by atoms with Crippen LogP contribution in [0.25, 0.3) is 11.0 Å². The molecule has 5 rings (SSSR count). The third-order valence-corrected chi connectivity index (χ3v) is 6.99. The number of nitrogens with one attached hydrogen (secondary N) is 2. The van der Waals surface area contributed by atoms with Crippen LogP contribution in [0.5, 0.6) is 0 Å². The molecule has 2 N–H and O–H groups in total. The van der Waals surface area contributed by atoms with Crippen molar-refractivity contribution in [2.45, 2.75) is 44.6 Å². The largest absolute Gasteiger partial charge is 0.350 e. The Morgan fingerprint density at radius 1 is 1.36 bits per heavy atom. The van der Waals surface area contributed by atoms with Crippen molar-refractivity contribution >= 4 is 28.3 Å². The highest BCUT2D eigenvalue weighted by Gasteiger charge is 2.24. The third kappa shape index (κ3) is 3.22. The maximum absolute atomic E-state index is 12.7. The van der Waals surface area contributed by atoms with Gasteiger partial charge in [-0.15, -0.1) is 11.3 Å². The molecule has 0 bridgehead atoms. The van der Waals surface area contributed by atoms with E-state index < -0.39 is 0 Å². The number of hydrogen-bond donors (Lipinski definition) is 2. The van der Waals surface area contributed by atoms with E-state index in [1.54, 1.807) is 11.3 Å². The summed E-state index contributed by atoms with van der Waals surface area (Å²) < 4.78 is 1.95. The van der Waals surface area contributed by atoms with Gasteiger partial charge >= 0.3 is 0 Å². The van der Waals surface area contributed by atoms with Gasteiger partial charge in [0.05, 0.1) is 17.8 Å². The van der Waals surface area contributed by atoms with Crippen molar-refractivity contribution in [2.75, 3.05) is 19.6 Å². The molecule has 3 aromatic heterocycles. The van der Waals surface area contributed by atoms with E-state index in [4.69, 9.17) is 5.10 Å². The second-order valence-corrected chi connectivity index (χ2v) is 8.65. The van der Waals surface area contributed by atoms with Crippen LogP contribution in [-0.2, 0) is 19.4 Å². The van der Waals surface area contributed by atoms with Crippen LogP contribution in [0.3, 0.4) is 0 Å². The van der Waals surface area contributed by atoms with E-state index in [0.29, 0.717) is 19.0 Å². The lowest BCUT2D eigenvalue weighted by atomic mass is 9.96. The Bertz CT molecular complexity index is 1000. The first-order valence-corrected chi connectivity index (χ1v) is 11.1. The average Bonchev–Trinajstić information content (AvgIpc) is 3.46.